The molecule has 3 aromatic rings. The van der Waals surface area contributed by atoms with Gasteiger partial charge in [-0.3, -0.25) is 0 Å². The summed E-state index contributed by atoms with van der Waals surface area (Å²) in [5, 5.41) is 8.96. The van der Waals surface area contributed by atoms with E-state index in [2.05, 4.69) is 41.0 Å². The Kier molecular flexibility index (Phi) is 7.28. The topological polar surface area (TPSA) is 38.7 Å². The highest BCUT2D eigenvalue weighted by atomic mass is 15.2. The van der Waals surface area contributed by atoms with Gasteiger partial charge < -0.3 is 0 Å². The van der Waals surface area contributed by atoms with E-state index in [9.17, 15) is 0 Å². The fourth-order valence-corrected chi connectivity index (χ4v) is 3.16. The van der Waals surface area contributed by atoms with Gasteiger partial charge in [-0.25, -0.2) is 4.98 Å². The first-order valence-electron chi connectivity index (χ1n) is 9.84. The van der Waals surface area contributed by atoms with Gasteiger partial charge >= 0.3 is 0 Å². The Hall–Kier alpha value is -2.81. The molecule has 0 fully saturated rings. The first-order valence-corrected chi connectivity index (χ1v) is 9.84. The van der Waals surface area contributed by atoms with Gasteiger partial charge in [0.05, 0.1) is 0 Å². The molecule has 0 atom stereocenters. The number of hydrogen-bond donors (Lipinski definition) is 0. The molecule has 0 amide bonds. The molecule has 27 heavy (non-hydrogen) atoms. The minimum Gasteiger partial charge on any atom is -0.229 e. The quantitative estimate of drug-likeness (QED) is 0.317. The van der Waals surface area contributed by atoms with Crippen LogP contribution in [-0.4, -0.2) is 15.2 Å². The van der Waals surface area contributed by atoms with Crippen molar-refractivity contribution in [3.63, 3.8) is 0 Å². The summed E-state index contributed by atoms with van der Waals surface area (Å²) in [6.45, 7) is 3.77. The summed E-state index contributed by atoms with van der Waals surface area (Å²) in [5.74, 6) is 0.833. The van der Waals surface area contributed by atoms with E-state index < -0.39 is 0 Å². The third kappa shape index (κ3) is 5.58. The standard InChI is InChI=1S/C24H27N3/c1-2-3-4-5-6-7-14-19-22-25-23(20-15-10-8-11-16-20)24(27-26-22)21-17-12-9-13-18-21/h2,8-13,15-18H,1,3-7,14,19H2. The number of hydrogen-bond acceptors (Lipinski definition) is 3. The van der Waals surface area contributed by atoms with Crippen LogP contribution in [0.2, 0.25) is 0 Å². The second kappa shape index (κ2) is 10.4. The van der Waals surface area contributed by atoms with Gasteiger partial charge in [0.15, 0.2) is 5.82 Å². The molecule has 3 heteroatoms. The van der Waals surface area contributed by atoms with Gasteiger partial charge in [0.2, 0.25) is 0 Å². The van der Waals surface area contributed by atoms with Crippen LogP contribution in [0.15, 0.2) is 73.3 Å². The first kappa shape index (κ1) is 19.0. The molecule has 1 aromatic heterocycles. The molecule has 3 rings (SSSR count). The highest BCUT2D eigenvalue weighted by Crippen LogP contribution is 2.28. The lowest BCUT2D eigenvalue weighted by molar-refractivity contribution is 0.607. The first-order chi connectivity index (χ1) is 13.4. The van der Waals surface area contributed by atoms with Crippen LogP contribution >= 0.6 is 0 Å². The molecule has 0 N–H and O–H groups in total. The minimum atomic E-state index is 0.833. The zero-order chi connectivity index (χ0) is 18.7. The zero-order valence-corrected chi connectivity index (χ0v) is 15.8. The summed E-state index contributed by atoms with van der Waals surface area (Å²) < 4.78 is 0. The van der Waals surface area contributed by atoms with Gasteiger partial charge in [0, 0.05) is 17.5 Å². The minimum absolute atomic E-state index is 0.833. The molecule has 0 unspecified atom stereocenters. The molecule has 2 aromatic carbocycles. The number of aromatic nitrogens is 3. The summed E-state index contributed by atoms with van der Waals surface area (Å²) in [5.41, 5.74) is 3.88. The molecule has 0 saturated carbocycles. The Morgan fingerprint density at radius 2 is 1.26 bits per heavy atom. The van der Waals surface area contributed by atoms with E-state index in [1.807, 2.05) is 42.5 Å². The van der Waals surface area contributed by atoms with Crippen LogP contribution in [0.4, 0.5) is 0 Å². The van der Waals surface area contributed by atoms with Crippen molar-refractivity contribution < 1.29 is 0 Å². The molecule has 0 aliphatic rings. The smallest absolute Gasteiger partial charge is 0.151 e. The second-order valence-corrected chi connectivity index (χ2v) is 6.75. The van der Waals surface area contributed by atoms with E-state index >= 15 is 0 Å². The van der Waals surface area contributed by atoms with Crippen molar-refractivity contribution in [2.75, 3.05) is 0 Å². The van der Waals surface area contributed by atoms with Gasteiger partial charge in [0.25, 0.3) is 0 Å². The Balaban J connectivity index is 1.73. The summed E-state index contributed by atoms with van der Waals surface area (Å²) in [7, 11) is 0. The number of unbranched alkanes of at least 4 members (excludes halogenated alkanes) is 5. The fourth-order valence-electron chi connectivity index (χ4n) is 3.16. The number of allylic oxidation sites excluding steroid dienone is 1. The van der Waals surface area contributed by atoms with E-state index in [0.29, 0.717) is 0 Å². The molecule has 0 bridgehead atoms. The predicted molar refractivity (Wildman–Crippen MR) is 112 cm³/mol. The van der Waals surface area contributed by atoms with E-state index in [1.165, 1.54) is 25.7 Å². The maximum Gasteiger partial charge on any atom is 0.151 e. The summed E-state index contributed by atoms with van der Waals surface area (Å²) in [6, 6.07) is 20.4. The van der Waals surface area contributed by atoms with Crippen molar-refractivity contribution in [2.24, 2.45) is 0 Å². The maximum atomic E-state index is 4.88. The van der Waals surface area contributed by atoms with Crippen molar-refractivity contribution in [3.8, 4) is 22.5 Å². The van der Waals surface area contributed by atoms with Gasteiger partial charge in [-0.05, 0) is 19.3 Å². The lowest BCUT2D eigenvalue weighted by Gasteiger charge is -2.09. The molecule has 1 heterocycles. The zero-order valence-electron chi connectivity index (χ0n) is 15.8. The Bertz CT molecular complexity index is 829. The van der Waals surface area contributed by atoms with Crippen molar-refractivity contribution in [3.05, 3.63) is 79.1 Å². The third-order valence-electron chi connectivity index (χ3n) is 4.63. The molecule has 0 saturated heterocycles. The van der Waals surface area contributed by atoms with Crippen LogP contribution in [0.1, 0.15) is 44.3 Å². The average molecular weight is 358 g/mol. The van der Waals surface area contributed by atoms with E-state index in [1.54, 1.807) is 0 Å². The number of rotatable bonds is 10. The predicted octanol–water partition coefficient (Wildman–Crippen LogP) is 6.27. The van der Waals surface area contributed by atoms with Crippen LogP contribution in [-0.2, 0) is 6.42 Å². The lowest BCUT2D eigenvalue weighted by Crippen LogP contribution is -2.03. The van der Waals surface area contributed by atoms with Gasteiger partial charge in [-0.1, -0.05) is 86.0 Å². The monoisotopic (exact) mass is 357 g/mol. The van der Waals surface area contributed by atoms with Gasteiger partial charge in [-0.15, -0.1) is 16.8 Å². The van der Waals surface area contributed by atoms with Gasteiger partial charge in [-0.2, -0.15) is 0 Å². The fraction of sp³-hybridized carbons (Fsp3) is 0.292. The van der Waals surface area contributed by atoms with E-state index in [0.717, 1.165) is 47.6 Å². The largest absolute Gasteiger partial charge is 0.229 e. The number of aryl methyl sites for hydroxylation is 1. The Morgan fingerprint density at radius 1 is 0.667 bits per heavy atom. The molecule has 0 aliphatic heterocycles. The highest BCUT2D eigenvalue weighted by Gasteiger charge is 2.13. The van der Waals surface area contributed by atoms with Crippen LogP contribution in [0.3, 0.4) is 0 Å². The van der Waals surface area contributed by atoms with E-state index in [-0.39, 0.29) is 0 Å². The van der Waals surface area contributed by atoms with Crippen molar-refractivity contribution in [2.45, 2.75) is 44.9 Å². The van der Waals surface area contributed by atoms with Crippen LogP contribution in [0.25, 0.3) is 22.5 Å². The molecule has 3 nitrogen and oxygen atoms in total. The highest BCUT2D eigenvalue weighted by molar-refractivity contribution is 5.77. The Morgan fingerprint density at radius 3 is 1.93 bits per heavy atom. The molecule has 0 aliphatic carbocycles. The summed E-state index contributed by atoms with van der Waals surface area (Å²) >= 11 is 0. The lowest BCUT2D eigenvalue weighted by atomic mass is 10.0. The molecule has 138 valence electrons. The van der Waals surface area contributed by atoms with Crippen molar-refractivity contribution in [1.29, 1.82) is 0 Å². The third-order valence-corrected chi connectivity index (χ3v) is 4.63. The maximum absolute atomic E-state index is 4.88. The number of benzene rings is 2. The molecule has 0 spiro atoms. The van der Waals surface area contributed by atoms with Crippen LogP contribution < -0.4 is 0 Å². The average Bonchev–Trinajstić information content (AvgIpc) is 2.74. The Labute approximate surface area is 162 Å². The molecular weight excluding hydrogens is 330 g/mol. The van der Waals surface area contributed by atoms with Crippen molar-refractivity contribution >= 4 is 0 Å². The number of nitrogens with zero attached hydrogens (tertiary/aromatic N) is 3. The van der Waals surface area contributed by atoms with Crippen LogP contribution in [0, 0.1) is 0 Å². The molecule has 0 radical (unpaired) electrons. The van der Waals surface area contributed by atoms with E-state index in [4.69, 9.17) is 4.98 Å². The van der Waals surface area contributed by atoms with Crippen molar-refractivity contribution in [1.82, 2.24) is 15.2 Å². The SMILES string of the molecule is C=CCCCCCCCc1nnc(-c2ccccc2)c(-c2ccccc2)n1. The summed E-state index contributed by atoms with van der Waals surface area (Å²) in [4.78, 5) is 4.88. The molecular formula is C24H27N3. The summed E-state index contributed by atoms with van der Waals surface area (Å²) in [6.07, 6.45) is 10.1. The van der Waals surface area contributed by atoms with Crippen LogP contribution in [0.5, 0.6) is 0 Å². The second-order valence-electron chi connectivity index (χ2n) is 6.75. The normalized spacial score (nSPS) is 10.7. The van der Waals surface area contributed by atoms with Gasteiger partial charge in [0.1, 0.15) is 11.4 Å².